The highest BCUT2D eigenvalue weighted by Crippen LogP contribution is 2.16. The molecule has 0 spiro atoms. The van der Waals surface area contributed by atoms with Crippen molar-refractivity contribution < 1.29 is 8.76 Å². The van der Waals surface area contributed by atoms with E-state index in [1.54, 1.807) is 5.38 Å². The Balaban J connectivity index is 2.67. The molecule has 0 aromatic carbocycles. The average molecular weight is 241 g/mol. The summed E-state index contributed by atoms with van der Waals surface area (Å²) in [6.45, 7) is 0. The molecule has 1 atom stereocenters. The van der Waals surface area contributed by atoms with Crippen LogP contribution in [-0.2, 0) is 16.8 Å². The van der Waals surface area contributed by atoms with E-state index in [2.05, 4.69) is 20.9 Å². The van der Waals surface area contributed by atoms with E-state index in [0.717, 1.165) is 0 Å². The van der Waals surface area contributed by atoms with Crippen LogP contribution in [0.1, 0.15) is 5.69 Å². The molecule has 0 aliphatic carbocycles. The predicted octanol–water partition coefficient (Wildman–Crippen LogP) is 1.28. The number of rotatable bonds is 2. The maximum Gasteiger partial charge on any atom is 0.159 e. The Bertz CT molecular complexity index is 249. The van der Waals surface area contributed by atoms with E-state index in [9.17, 15) is 8.76 Å². The van der Waals surface area contributed by atoms with Gasteiger partial charge in [-0.15, -0.1) is 11.3 Å². The van der Waals surface area contributed by atoms with Gasteiger partial charge in [-0.1, -0.05) is 0 Å². The lowest BCUT2D eigenvalue weighted by Gasteiger charge is -1.99. The van der Waals surface area contributed by atoms with Crippen LogP contribution in [0.4, 0.5) is 0 Å². The number of hydrogen-bond acceptors (Lipinski definition) is 4. The molecule has 0 fully saturated rings. The van der Waals surface area contributed by atoms with Gasteiger partial charge in [0, 0.05) is 5.38 Å². The molecule has 6 heteroatoms. The maximum absolute atomic E-state index is 10.1. The smallest absolute Gasteiger partial charge is 0.159 e. The Hall–Kier alpha value is 0.220. The summed E-state index contributed by atoms with van der Waals surface area (Å²) in [5.74, 6) is 0.00208. The molecule has 1 aromatic rings. The van der Waals surface area contributed by atoms with E-state index in [-0.39, 0.29) is 5.75 Å². The fourth-order valence-corrected chi connectivity index (χ4v) is 2.01. The lowest BCUT2D eigenvalue weighted by atomic mass is 10.6. The highest BCUT2D eigenvalue weighted by atomic mass is 79.9. The number of hydrogen-bond donors (Lipinski definition) is 0. The van der Waals surface area contributed by atoms with Crippen LogP contribution in [0.25, 0.3) is 0 Å². The summed E-state index contributed by atoms with van der Waals surface area (Å²) in [4.78, 5) is 3.89. The van der Waals surface area contributed by atoms with Crippen molar-refractivity contribution >= 4 is 38.3 Å². The quantitative estimate of drug-likeness (QED) is 0.733. The van der Waals surface area contributed by atoms with Crippen molar-refractivity contribution in [2.45, 2.75) is 5.75 Å². The topological polar surface area (TPSA) is 53.0 Å². The summed E-state index contributed by atoms with van der Waals surface area (Å²) in [5, 5.41) is 1.71. The first-order valence-electron chi connectivity index (χ1n) is 2.34. The molecule has 0 aliphatic heterocycles. The molecule has 56 valence electrons. The summed E-state index contributed by atoms with van der Waals surface area (Å²) < 4.78 is 21.0. The molecule has 1 aromatic heterocycles. The Kier molecular flexibility index (Phi) is 2.96. The van der Waals surface area contributed by atoms with Crippen LogP contribution in [0.5, 0.6) is 0 Å². The van der Waals surface area contributed by atoms with Crippen LogP contribution in [0.3, 0.4) is 0 Å². The second-order valence-corrected chi connectivity index (χ2v) is 4.57. The Morgan fingerprint density at radius 1 is 1.90 bits per heavy atom. The fourth-order valence-electron chi connectivity index (χ4n) is 0.469. The molecule has 0 N–H and O–H groups in total. The summed E-state index contributed by atoms with van der Waals surface area (Å²) in [6, 6.07) is 0. The van der Waals surface area contributed by atoms with E-state index < -0.39 is 11.1 Å². The van der Waals surface area contributed by atoms with Crippen molar-refractivity contribution in [3.63, 3.8) is 0 Å². The Morgan fingerprint density at radius 3 is 3.00 bits per heavy atom. The number of nitrogens with zero attached hydrogens (tertiary/aromatic N) is 1. The first kappa shape index (κ1) is 8.32. The van der Waals surface area contributed by atoms with Gasteiger partial charge in [-0.2, -0.15) is 0 Å². The summed E-state index contributed by atoms with van der Waals surface area (Å²) in [7, 11) is 0. The van der Waals surface area contributed by atoms with E-state index >= 15 is 0 Å². The monoisotopic (exact) mass is 240 g/mol. The van der Waals surface area contributed by atoms with Gasteiger partial charge in [0.1, 0.15) is 0 Å². The first-order valence-corrected chi connectivity index (χ1v) is 5.26. The van der Waals surface area contributed by atoms with Gasteiger partial charge in [0.05, 0.1) is 11.4 Å². The van der Waals surface area contributed by atoms with E-state index in [1.807, 2.05) is 0 Å². The minimum atomic E-state index is -2.03. The molecule has 3 nitrogen and oxygen atoms in total. The molecule has 1 unspecified atom stereocenters. The molecule has 0 amide bonds. The Morgan fingerprint density at radius 2 is 2.60 bits per heavy atom. The number of halogens is 1. The molecule has 0 aliphatic rings. The number of aromatic nitrogens is 1. The van der Waals surface area contributed by atoms with E-state index in [4.69, 9.17) is 0 Å². The largest absolute Gasteiger partial charge is 0.772 e. The van der Waals surface area contributed by atoms with Gasteiger partial charge in [-0.3, -0.25) is 4.21 Å². The van der Waals surface area contributed by atoms with E-state index in [0.29, 0.717) is 9.61 Å². The second-order valence-electron chi connectivity index (χ2n) is 1.54. The van der Waals surface area contributed by atoms with Crippen LogP contribution >= 0.6 is 27.3 Å². The molecule has 1 rings (SSSR count). The van der Waals surface area contributed by atoms with Gasteiger partial charge >= 0.3 is 0 Å². The average Bonchev–Trinajstić information content (AvgIpc) is 2.13. The highest BCUT2D eigenvalue weighted by molar-refractivity contribution is 9.11. The molecule has 1 heterocycles. The minimum absolute atomic E-state index is 0.00208. The van der Waals surface area contributed by atoms with Crippen LogP contribution in [0.15, 0.2) is 9.30 Å². The maximum atomic E-state index is 10.1. The molecule has 10 heavy (non-hydrogen) atoms. The molecule has 0 radical (unpaired) electrons. The van der Waals surface area contributed by atoms with Crippen molar-refractivity contribution in [1.29, 1.82) is 0 Å². The third kappa shape index (κ3) is 2.45. The lowest BCUT2D eigenvalue weighted by molar-refractivity contribution is 0.535. The second kappa shape index (κ2) is 3.56. The SMILES string of the molecule is O=S([O-])Cc1csc(Br)n1. The van der Waals surface area contributed by atoms with Crippen LogP contribution < -0.4 is 0 Å². The van der Waals surface area contributed by atoms with Crippen LogP contribution in [0.2, 0.25) is 0 Å². The normalized spacial score (nSPS) is 13.4. The summed E-state index contributed by atoms with van der Waals surface area (Å²) in [5.41, 5.74) is 0.588. The van der Waals surface area contributed by atoms with Crippen LogP contribution in [0, 0.1) is 0 Å². The summed E-state index contributed by atoms with van der Waals surface area (Å²) >= 11 is 2.48. The van der Waals surface area contributed by atoms with Crippen molar-refractivity contribution in [3.05, 3.63) is 15.0 Å². The minimum Gasteiger partial charge on any atom is -0.772 e. The first-order chi connectivity index (χ1) is 4.68. The zero-order chi connectivity index (χ0) is 7.56. The van der Waals surface area contributed by atoms with E-state index in [1.165, 1.54) is 11.3 Å². The Labute approximate surface area is 72.9 Å². The van der Waals surface area contributed by atoms with Gasteiger partial charge in [-0.05, 0) is 27.0 Å². The zero-order valence-corrected chi connectivity index (χ0v) is 7.96. The van der Waals surface area contributed by atoms with Crippen molar-refractivity contribution in [2.75, 3.05) is 0 Å². The van der Waals surface area contributed by atoms with Gasteiger partial charge in [0.15, 0.2) is 3.92 Å². The molecule has 0 bridgehead atoms. The van der Waals surface area contributed by atoms with Gasteiger partial charge in [0.25, 0.3) is 0 Å². The standard InChI is InChI=1S/C4H4BrNO2S2/c5-4-6-3(1-9-4)2-10(7)8/h1H,2H2,(H,7,8)/p-1. The fraction of sp³-hybridized carbons (Fsp3) is 0.250. The highest BCUT2D eigenvalue weighted by Gasteiger charge is 1.97. The lowest BCUT2D eigenvalue weighted by Crippen LogP contribution is -1.92. The molecule has 0 saturated carbocycles. The van der Waals surface area contributed by atoms with Gasteiger partial charge in [0.2, 0.25) is 0 Å². The van der Waals surface area contributed by atoms with Crippen molar-refractivity contribution in [2.24, 2.45) is 0 Å². The zero-order valence-electron chi connectivity index (χ0n) is 4.74. The number of thiazole rings is 1. The third-order valence-corrected chi connectivity index (χ3v) is 2.73. The molecular weight excluding hydrogens is 238 g/mol. The van der Waals surface area contributed by atoms with Crippen LogP contribution in [-0.4, -0.2) is 13.7 Å². The predicted molar refractivity (Wildman–Crippen MR) is 42.4 cm³/mol. The van der Waals surface area contributed by atoms with Crippen molar-refractivity contribution in [3.8, 4) is 0 Å². The third-order valence-electron chi connectivity index (χ3n) is 0.789. The van der Waals surface area contributed by atoms with Gasteiger partial charge in [-0.25, -0.2) is 4.98 Å². The van der Waals surface area contributed by atoms with Crippen molar-refractivity contribution in [1.82, 2.24) is 4.98 Å². The molecule has 0 saturated heterocycles. The summed E-state index contributed by atoms with van der Waals surface area (Å²) in [6.07, 6.45) is 0. The molecular formula is C4H3BrNO2S2-. The van der Waals surface area contributed by atoms with Gasteiger partial charge < -0.3 is 4.55 Å².